The Labute approximate surface area is 111 Å². The minimum atomic E-state index is -0.423. The quantitative estimate of drug-likeness (QED) is 0.556. The predicted octanol–water partition coefficient (Wildman–Crippen LogP) is 0.696. The minimum Gasteiger partial charge on any atom is -0.394 e. The Morgan fingerprint density at radius 3 is 3.00 bits per heavy atom. The van der Waals surface area contributed by atoms with Crippen LogP contribution in [0, 0.1) is 11.2 Å². The molecule has 19 heavy (non-hydrogen) atoms. The Hall–Kier alpha value is -1.66. The number of nitrogens with zero attached hydrogens (tertiary/aromatic N) is 1. The van der Waals surface area contributed by atoms with Crippen LogP contribution in [-0.4, -0.2) is 42.8 Å². The Morgan fingerprint density at radius 2 is 2.37 bits per heavy atom. The summed E-state index contributed by atoms with van der Waals surface area (Å²) in [6.07, 6.45) is -0.277. The van der Waals surface area contributed by atoms with Crippen LogP contribution in [0.1, 0.15) is 12.5 Å². The molecule has 1 aromatic rings. The van der Waals surface area contributed by atoms with Gasteiger partial charge in [-0.1, -0.05) is 0 Å². The van der Waals surface area contributed by atoms with E-state index in [9.17, 15) is 9.50 Å². The molecule has 1 aliphatic rings. The summed E-state index contributed by atoms with van der Waals surface area (Å²) in [5, 5.41) is 16.7. The van der Waals surface area contributed by atoms with Gasteiger partial charge in [-0.05, 0) is 25.1 Å². The second kappa shape index (κ2) is 5.54. The molecule has 0 bridgehead atoms. The molecule has 0 aliphatic carbocycles. The number of halogens is 1. The number of aliphatic hydroxyl groups excluding tert-OH is 1. The second-order valence-electron chi connectivity index (χ2n) is 4.71. The highest BCUT2D eigenvalue weighted by Crippen LogP contribution is 2.26. The standard InChI is InChI=1S/C13H18FN3O2/c1-8-7-19-10(6-18)5-17(8)12-3-2-9(14)4-11(12)13(15)16/h2-4,8,10,18H,5-7H2,1H3,(H3,15,16). The highest BCUT2D eigenvalue weighted by Gasteiger charge is 2.27. The molecule has 2 unspecified atom stereocenters. The number of amidine groups is 1. The summed E-state index contributed by atoms with van der Waals surface area (Å²) in [4.78, 5) is 1.99. The molecule has 0 aromatic heterocycles. The van der Waals surface area contributed by atoms with Crippen LogP contribution in [0.4, 0.5) is 10.1 Å². The monoisotopic (exact) mass is 267 g/mol. The van der Waals surface area contributed by atoms with Crippen molar-refractivity contribution in [3.63, 3.8) is 0 Å². The van der Waals surface area contributed by atoms with Crippen molar-refractivity contribution in [1.82, 2.24) is 0 Å². The summed E-state index contributed by atoms with van der Waals surface area (Å²) >= 11 is 0. The average Bonchev–Trinajstić information content (AvgIpc) is 2.39. The van der Waals surface area contributed by atoms with Crippen molar-refractivity contribution in [2.75, 3.05) is 24.7 Å². The van der Waals surface area contributed by atoms with Crippen LogP contribution in [0.15, 0.2) is 18.2 Å². The van der Waals surface area contributed by atoms with E-state index in [4.69, 9.17) is 15.9 Å². The number of anilines is 1. The molecule has 104 valence electrons. The van der Waals surface area contributed by atoms with E-state index in [2.05, 4.69) is 0 Å². The zero-order valence-corrected chi connectivity index (χ0v) is 10.8. The van der Waals surface area contributed by atoms with Crippen molar-refractivity contribution in [1.29, 1.82) is 5.41 Å². The largest absolute Gasteiger partial charge is 0.394 e. The molecule has 0 spiro atoms. The first-order valence-corrected chi connectivity index (χ1v) is 6.16. The Bertz CT molecular complexity index is 481. The number of rotatable bonds is 3. The number of benzene rings is 1. The van der Waals surface area contributed by atoms with E-state index in [1.165, 1.54) is 12.1 Å². The second-order valence-corrected chi connectivity index (χ2v) is 4.71. The van der Waals surface area contributed by atoms with Gasteiger partial charge in [-0.2, -0.15) is 0 Å². The van der Waals surface area contributed by atoms with Crippen LogP contribution in [0.25, 0.3) is 0 Å². The van der Waals surface area contributed by atoms with Crippen molar-refractivity contribution in [2.24, 2.45) is 5.73 Å². The van der Waals surface area contributed by atoms with Crippen LogP contribution < -0.4 is 10.6 Å². The Morgan fingerprint density at radius 1 is 1.63 bits per heavy atom. The van der Waals surface area contributed by atoms with Gasteiger partial charge in [-0.3, -0.25) is 5.41 Å². The van der Waals surface area contributed by atoms with Gasteiger partial charge in [0.25, 0.3) is 0 Å². The van der Waals surface area contributed by atoms with Crippen LogP contribution in [0.2, 0.25) is 0 Å². The molecular formula is C13H18FN3O2. The lowest BCUT2D eigenvalue weighted by Gasteiger charge is -2.39. The molecule has 0 amide bonds. The molecule has 0 radical (unpaired) electrons. The SMILES string of the molecule is CC1COC(CO)CN1c1ccc(F)cc1C(=N)N. The first kappa shape index (κ1) is 13.8. The highest BCUT2D eigenvalue weighted by molar-refractivity contribution is 6.00. The predicted molar refractivity (Wildman–Crippen MR) is 71.0 cm³/mol. The van der Waals surface area contributed by atoms with Crippen molar-refractivity contribution in [3.05, 3.63) is 29.6 Å². The fourth-order valence-electron chi connectivity index (χ4n) is 2.24. The van der Waals surface area contributed by atoms with E-state index in [1.807, 2.05) is 11.8 Å². The molecule has 6 heteroatoms. The van der Waals surface area contributed by atoms with E-state index in [1.54, 1.807) is 6.07 Å². The van der Waals surface area contributed by atoms with Crippen LogP contribution in [0.5, 0.6) is 0 Å². The van der Waals surface area contributed by atoms with E-state index >= 15 is 0 Å². The van der Waals surface area contributed by atoms with Crippen molar-refractivity contribution < 1.29 is 14.2 Å². The van der Waals surface area contributed by atoms with Gasteiger partial charge in [-0.25, -0.2) is 4.39 Å². The summed E-state index contributed by atoms with van der Waals surface area (Å²) < 4.78 is 18.7. The maximum atomic E-state index is 13.3. The van der Waals surface area contributed by atoms with Crippen molar-refractivity contribution in [3.8, 4) is 0 Å². The third kappa shape index (κ3) is 2.85. The normalized spacial score (nSPS) is 23.4. The number of aliphatic hydroxyl groups is 1. The molecule has 1 aromatic carbocycles. The summed E-state index contributed by atoms with van der Waals surface area (Å²) in [7, 11) is 0. The number of nitrogen functional groups attached to an aromatic ring is 1. The molecule has 2 rings (SSSR count). The molecular weight excluding hydrogens is 249 g/mol. The third-order valence-electron chi connectivity index (χ3n) is 3.27. The fourth-order valence-corrected chi connectivity index (χ4v) is 2.24. The van der Waals surface area contributed by atoms with Gasteiger partial charge in [0.2, 0.25) is 0 Å². The van der Waals surface area contributed by atoms with Crippen molar-refractivity contribution >= 4 is 11.5 Å². The number of morpholine rings is 1. The summed E-state index contributed by atoms with van der Waals surface area (Å²) in [5.41, 5.74) is 6.58. The molecule has 1 fully saturated rings. The lowest BCUT2D eigenvalue weighted by Crippen LogP contribution is -2.50. The van der Waals surface area contributed by atoms with Crippen molar-refractivity contribution in [2.45, 2.75) is 19.1 Å². The lowest BCUT2D eigenvalue weighted by atomic mass is 10.1. The van der Waals surface area contributed by atoms with E-state index in [0.717, 1.165) is 0 Å². The number of hydrogen-bond acceptors (Lipinski definition) is 4. The lowest BCUT2D eigenvalue weighted by molar-refractivity contribution is -0.0103. The highest BCUT2D eigenvalue weighted by atomic mass is 19.1. The third-order valence-corrected chi connectivity index (χ3v) is 3.27. The molecule has 5 nitrogen and oxygen atoms in total. The molecule has 1 aliphatic heterocycles. The summed E-state index contributed by atoms with van der Waals surface area (Å²) in [6.45, 7) is 2.87. The first-order chi connectivity index (χ1) is 9.02. The smallest absolute Gasteiger partial charge is 0.125 e. The van der Waals surface area contributed by atoms with E-state index < -0.39 is 5.82 Å². The summed E-state index contributed by atoms with van der Waals surface area (Å²) in [6, 6.07) is 4.29. The number of hydrogen-bond donors (Lipinski definition) is 3. The Kier molecular flexibility index (Phi) is 4.01. The topological polar surface area (TPSA) is 82.6 Å². The van der Waals surface area contributed by atoms with Gasteiger partial charge in [0, 0.05) is 23.8 Å². The molecule has 0 saturated carbocycles. The minimum absolute atomic E-state index is 0.0696. The maximum Gasteiger partial charge on any atom is 0.125 e. The van der Waals surface area contributed by atoms with Gasteiger partial charge in [-0.15, -0.1) is 0 Å². The van der Waals surface area contributed by atoms with Crippen LogP contribution >= 0.6 is 0 Å². The first-order valence-electron chi connectivity index (χ1n) is 6.16. The Balaban J connectivity index is 2.36. The van der Waals surface area contributed by atoms with Crippen LogP contribution in [-0.2, 0) is 4.74 Å². The average molecular weight is 267 g/mol. The maximum absolute atomic E-state index is 13.3. The number of nitrogens with two attached hydrogens (primary N) is 1. The van der Waals surface area contributed by atoms with Gasteiger partial charge < -0.3 is 20.5 Å². The van der Waals surface area contributed by atoms with Crippen LogP contribution in [0.3, 0.4) is 0 Å². The van der Waals surface area contributed by atoms with E-state index in [0.29, 0.717) is 24.4 Å². The van der Waals surface area contributed by atoms with Gasteiger partial charge in [0.15, 0.2) is 0 Å². The zero-order valence-electron chi connectivity index (χ0n) is 10.8. The fraction of sp³-hybridized carbons (Fsp3) is 0.462. The van der Waals surface area contributed by atoms with Gasteiger partial charge in [0.05, 0.1) is 19.3 Å². The molecule has 1 heterocycles. The number of ether oxygens (including phenoxy) is 1. The van der Waals surface area contributed by atoms with Gasteiger partial charge in [0.1, 0.15) is 11.7 Å². The van der Waals surface area contributed by atoms with Gasteiger partial charge >= 0.3 is 0 Å². The molecule has 2 atom stereocenters. The zero-order chi connectivity index (χ0) is 14.0. The summed E-state index contributed by atoms with van der Waals surface area (Å²) in [5.74, 6) is -0.595. The molecule has 1 saturated heterocycles. The molecule has 4 N–H and O–H groups in total. The van der Waals surface area contributed by atoms with E-state index in [-0.39, 0.29) is 24.6 Å². The number of nitrogens with one attached hydrogen (secondary N) is 1.